The number of aliphatic hydroxyl groups is 1. The first kappa shape index (κ1) is 30.5. The zero-order chi connectivity index (χ0) is 27.8. The molecule has 38 heavy (non-hydrogen) atoms. The fraction of sp³-hybridized carbons (Fsp3) is 0.387. The van der Waals surface area contributed by atoms with Crippen molar-refractivity contribution < 1.29 is 24.2 Å². The van der Waals surface area contributed by atoms with Gasteiger partial charge in [0.2, 0.25) is 11.8 Å². The van der Waals surface area contributed by atoms with E-state index in [1.807, 2.05) is 60.7 Å². The molecule has 0 fully saturated rings. The largest absolute Gasteiger partial charge is 0.463 e. The Morgan fingerprint density at radius 3 is 1.97 bits per heavy atom. The van der Waals surface area contributed by atoms with E-state index in [4.69, 9.17) is 4.74 Å². The predicted octanol–water partition coefficient (Wildman–Crippen LogP) is 3.77. The summed E-state index contributed by atoms with van der Waals surface area (Å²) in [5.41, 5.74) is 2.02. The van der Waals surface area contributed by atoms with Crippen molar-refractivity contribution in [2.24, 2.45) is 11.8 Å². The van der Waals surface area contributed by atoms with Gasteiger partial charge in [0, 0.05) is 12.5 Å². The lowest BCUT2D eigenvalue weighted by molar-refractivity contribution is -0.149. The number of hydrogen-bond acceptors (Lipinski definition) is 5. The second-order valence-corrected chi connectivity index (χ2v) is 9.51. The van der Waals surface area contributed by atoms with Gasteiger partial charge in [0.25, 0.3) is 0 Å². The highest BCUT2D eigenvalue weighted by Gasteiger charge is 2.26. The number of allylic oxidation sites excluding steroid dienone is 2. The average Bonchev–Trinajstić information content (AvgIpc) is 2.92. The van der Waals surface area contributed by atoms with Gasteiger partial charge in [-0.1, -0.05) is 72.8 Å². The number of nitrogens with one attached hydrogen (secondary N) is 2. The third-order valence-electron chi connectivity index (χ3n) is 6.14. The molecule has 0 aliphatic heterocycles. The molecular formula is C31H40N2O5. The second kappa shape index (κ2) is 16.9. The Bertz CT molecular complexity index is 1030. The van der Waals surface area contributed by atoms with E-state index in [9.17, 15) is 19.5 Å². The van der Waals surface area contributed by atoms with Gasteiger partial charge in [0.15, 0.2) is 0 Å². The van der Waals surface area contributed by atoms with Crippen molar-refractivity contribution in [2.75, 3.05) is 13.2 Å². The zero-order valence-corrected chi connectivity index (χ0v) is 22.2. The van der Waals surface area contributed by atoms with E-state index in [2.05, 4.69) is 23.8 Å². The highest BCUT2D eigenvalue weighted by molar-refractivity contribution is 5.86. The first-order valence-electron chi connectivity index (χ1n) is 13.0. The molecule has 0 unspecified atom stereocenters. The Kier molecular flexibility index (Phi) is 13.6. The molecule has 2 amide bonds. The van der Waals surface area contributed by atoms with E-state index in [0.717, 1.165) is 11.1 Å². The van der Waals surface area contributed by atoms with Crippen LogP contribution in [-0.2, 0) is 32.0 Å². The zero-order valence-electron chi connectivity index (χ0n) is 22.2. The van der Waals surface area contributed by atoms with E-state index < -0.39 is 18.0 Å². The summed E-state index contributed by atoms with van der Waals surface area (Å²) in [5.74, 6) is -2.01. The summed E-state index contributed by atoms with van der Waals surface area (Å²) < 4.78 is 5.72. The van der Waals surface area contributed by atoms with Gasteiger partial charge in [0.1, 0.15) is 6.61 Å². The topological polar surface area (TPSA) is 105 Å². The summed E-state index contributed by atoms with van der Waals surface area (Å²) in [6.45, 7) is 8.99. The van der Waals surface area contributed by atoms with Gasteiger partial charge in [-0.15, -0.1) is 13.2 Å². The molecule has 2 rings (SSSR count). The van der Waals surface area contributed by atoms with Gasteiger partial charge in [0.05, 0.1) is 24.5 Å². The SMILES string of the molecule is C=CC[C@H](CC(=O)N[C@H](C)CO)C(=O)N[C@H](COC(=O)[C@@H](CC=C)Cc1ccccc1)Cc1ccccc1. The number of hydrogen-bond donors (Lipinski definition) is 3. The summed E-state index contributed by atoms with van der Waals surface area (Å²) in [4.78, 5) is 38.6. The van der Waals surface area contributed by atoms with Gasteiger partial charge in [-0.05, 0) is 43.7 Å². The number of aliphatic hydroxyl groups excluding tert-OH is 1. The van der Waals surface area contributed by atoms with Gasteiger partial charge in [-0.2, -0.15) is 0 Å². The van der Waals surface area contributed by atoms with Crippen molar-refractivity contribution in [3.63, 3.8) is 0 Å². The molecule has 0 radical (unpaired) electrons. The van der Waals surface area contributed by atoms with Crippen LogP contribution in [-0.4, -0.2) is 48.2 Å². The lowest BCUT2D eigenvalue weighted by Crippen LogP contribution is -2.45. The van der Waals surface area contributed by atoms with Gasteiger partial charge < -0.3 is 20.5 Å². The molecule has 204 valence electrons. The average molecular weight is 521 g/mol. The Hall–Kier alpha value is -3.71. The highest BCUT2D eigenvalue weighted by atomic mass is 16.5. The molecule has 3 N–H and O–H groups in total. The van der Waals surface area contributed by atoms with E-state index in [-0.39, 0.29) is 43.3 Å². The van der Waals surface area contributed by atoms with Crippen molar-refractivity contribution in [3.05, 3.63) is 97.1 Å². The predicted molar refractivity (Wildman–Crippen MR) is 149 cm³/mol. The molecule has 4 atom stereocenters. The molecule has 0 aromatic heterocycles. The van der Waals surface area contributed by atoms with E-state index in [1.54, 1.807) is 19.1 Å². The first-order chi connectivity index (χ1) is 18.4. The van der Waals surface area contributed by atoms with Crippen LogP contribution in [0.1, 0.15) is 37.3 Å². The quantitative estimate of drug-likeness (QED) is 0.218. The maximum Gasteiger partial charge on any atom is 0.309 e. The second-order valence-electron chi connectivity index (χ2n) is 9.51. The monoisotopic (exact) mass is 520 g/mol. The Morgan fingerprint density at radius 1 is 0.868 bits per heavy atom. The molecule has 7 heteroatoms. The Morgan fingerprint density at radius 2 is 1.42 bits per heavy atom. The molecular weight excluding hydrogens is 480 g/mol. The maximum absolute atomic E-state index is 13.2. The van der Waals surface area contributed by atoms with E-state index >= 15 is 0 Å². The molecule has 2 aromatic rings. The molecule has 0 aliphatic carbocycles. The van der Waals surface area contributed by atoms with Crippen molar-refractivity contribution >= 4 is 17.8 Å². The minimum atomic E-state index is -0.640. The van der Waals surface area contributed by atoms with Crippen LogP contribution in [0, 0.1) is 11.8 Å². The molecule has 7 nitrogen and oxygen atoms in total. The lowest BCUT2D eigenvalue weighted by atomic mass is 9.96. The van der Waals surface area contributed by atoms with Gasteiger partial charge >= 0.3 is 5.97 Å². The lowest BCUT2D eigenvalue weighted by Gasteiger charge is -2.24. The van der Waals surface area contributed by atoms with Crippen LogP contribution >= 0.6 is 0 Å². The third kappa shape index (κ3) is 11.1. The highest BCUT2D eigenvalue weighted by Crippen LogP contribution is 2.16. The smallest absolute Gasteiger partial charge is 0.309 e. The summed E-state index contributed by atoms with van der Waals surface area (Å²) in [6.07, 6.45) is 5.04. The molecule has 0 spiro atoms. The number of ether oxygens (including phenoxy) is 1. The van der Waals surface area contributed by atoms with Crippen LogP contribution in [0.15, 0.2) is 86.0 Å². The van der Waals surface area contributed by atoms with Crippen molar-refractivity contribution in [3.8, 4) is 0 Å². The molecule has 0 saturated heterocycles. The summed E-state index contributed by atoms with van der Waals surface area (Å²) in [7, 11) is 0. The van der Waals surface area contributed by atoms with Crippen molar-refractivity contribution in [1.82, 2.24) is 10.6 Å². The molecule has 0 heterocycles. The Balaban J connectivity index is 2.10. The van der Waals surface area contributed by atoms with Crippen LogP contribution in [0.5, 0.6) is 0 Å². The number of carbonyl (C=O) groups excluding carboxylic acids is 3. The standard InChI is InChI=1S/C31H40N2O5/c1-4-12-26(20-29(35)32-23(3)21-34)30(36)33-28(19-25-16-10-7-11-17-25)22-38-31(37)27(13-5-2)18-24-14-8-6-9-15-24/h4-11,14-17,23,26-28,34H,1-2,12-13,18-22H2,3H3,(H,32,35)(H,33,36)/t23-,26-,27+,28+/m1/s1. The number of benzene rings is 2. The molecule has 0 bridgehead atoms. The summed E-state index contributed by atoms with van der Waals surface area (Å²) in [6, 6.07) is 18.5. The first-order valence-corrected chi connectivity index (χ1v) is 13.0. The minimum Gasteiger partial charge on any atom is -0.463 e. The minimum absolute atomic E-state index is 0.00352. The maximum atomic E-state index is 13.2. The molecule has 0 saturated carbocycles. The number of esters is 1. The third-order valence-corrected chi connectivity index (χ3v) is 6.14. The fourth-order valence-electron chi connectivity index (χ4n) is 4.12. The van der Waals surface area contributed by atoms with Crippen LogP contribution in [0.3, 0.4) is 0 Å². The number of carbonyl (C=O) groups is 3. The van der Waals surface area contributed by atoms with E-state index in [1.165, 1.54) is 0 Å². The van der Waals surface area contributed by atoms with Crippen molar-refractivity contribution in [1.29, 1.82) is 0 Å². The van der Waals surface area contributed by atoms with Gasteiger partial charge in [-0.25, -0.2) is 0 Å². The Labute approximate surface area is 226 Å². The number of amides is 2. The normalized spacial score (nSPS) is 13.8. The summed E-state index contributed by atoms with van der Waals surface area (Å²) >= 11 is 0. The molecule has 0 aliphatic rings. The van der Waals surface area contributed by atoms with Crippen LogP contribution < -0.4 is 10.6 Å². The number of rotatable bonds is 17. The summed E-state index contributed by atoms with van der Waals surface area (Å²) in [5, 5.41) is 14.8. The van der Waals surface area contributed by atoms with E-state index in [0.29, 0.717) is 25.7 Å². The van der Waals surface area contributed by atoms with Crippen LogP contribution in [0.25, 0.3) is 0 Å². The van der Waals surface area contributed by atoms with Gasteiger partial charge in [-0.3, -0.25) is 14.4 Å². The van der Waals surface area contributed by atoms with Crippen LogP contribution in [0.4, 0.5) is 0 Å². The molecule has 2 aromatic carbocycles. The fourth-order valence-corrected chi connectivity index (χ4v) is 4.12. The van der Waals surface area contributed by atoms with Crippen molar-refractivity contribution in [2.45, 2.75) is 51.1 Å². The van der Waals surface area contributed by atoms with Crippen LogP contribution in [0.2, 0.25) is 0 Å².